The molecule has 0 aromatic rings. The van der Waals surface area contributed by atoms with Gasteiger partial charge in [0.2, 0.25) is 0 Å². The molecule has 1 saturated carbocycles. The monoisotopic (exact) mass is 166 g/mol. The molecule has 2 heterocycles. The summed E-state index contributed by atoms with van der Waals surface area (Å²) in [6.07, 6.45) is 7.19. The maximum atomic E-state index is 3.72. The van der Waals surface area contributed by atoms with Gasteiger partial charge in [0, 0.05) is 24.7 Å². The first kappa shape index (κ1) is 7.34. The van der Waals surface area contributed by atoms with Crippen molar-refractivity contribution >= 4 is 0 Å². The van der Waals surface area contributed by atoms with Crippen LogP contribution in [-0.2, 0) is 0 Å². The summed E-state index contributed by atoms with van der Waals surface area (Å²) in [6.45, 7) is 2.69. The number of nitrogens with zero attached hydrogens (tertiary/aromatic N) is 1. The van der Waals surface area contributed by atoms with Gasteiger partial charge in [-0.15, -0.1) is 0 Å². The molecule has 1 N–H and O–H groups in total. The average Bonchev–Trinajstić information content (AvgIpc) is 2.78. The first-order valence-electron chi connectivity index (χ1n) is 5.42. The molecule has 0 aromatic carbocycles. The van der Waals surface area contributed by atoms with Crippen molar-refractivity contribution in [2.24, 2.45) is 0 Å². The quantitative estimate of drug-likeness (QED) is 0.624. The molecule has 3 fully saturated rings. The third-order valence-corrected chi connectivity index (χ3v) is 3.62. The van der Waals surface area contributed by atoms with E-state index in [0.29, 0.717) is 0 Å². The fourth-order valence-corrected chi connectivity index (χ4v) is 2.74. The van der Waals surface area contributed by atoms with Crippen molar-refractivity contribution in [3.8, 4) is 0 Å². The Labute approximate surface area is 74.3 Å². The lowest BCUT2D eigenvalue weighted by atomic mass is 10.1. The van der Waals surface area contributed by atoms with E-state index in [2.05, 4.69) is 10.2 Å². The number of hydrogen-bond acceptors (Lipinski definition) is 2. The predicted molar refractivity (Wildman–Crippen MR) is 49.2 cm³/mol. The Morgan fingerprint density at radius 1 is 0.917 bits per heavy atom. The fourth-order valence-electron chi connectivity index (χ4n) is 2.74. The third kappa shape index (κ3) is 1.27. The molecule has 2 bridgehead atoms. The molecule has 12 heavy (non-hydrogen) atoms. The van der Waals surface area contributed by atoms with Crippen LogP contribution < -0.4 is 5.32 Å². The molecule has 0 spiro atoms. The van der Waals surface area contributed by atoms with Crippen LogP contribution >= 0.6 is 0 Å². The molecule has 2 saturated heterocycles. The Balaban J connectivity index is 1.67. The van der Waals surface area contributed by atoms with Crippen molar-refractivity contribution in [1.29, 1.82) is 0 Å². The van der Waals surface area contributed by atoms with Gasteiger partial charge in [-0.1, -0.05) is 0 Å². The minimum Gasteiger partial charge on any atom is -0.310 e. The maximum absolute atomic E-state index is 3.72. The summed E-state index contributed by atoms with van der Waals surface area (Å²) in [5, 5.41) is 3.72. The second-order valence-corrected chi connectivity index (χ2v) is 4.65. The SMILES string of the molecule is C1CC2CN(C3CC3)CCC1N2. The highest BCUT2D eigenvalue weighted by molar-refractivity contribution is 4.94. The standard InChI is InChI=1S/C10H18N2/c1-2-9-7-12(10-3-4-10)6-5-8(1)11-9/h8-11H,1-7H2. The lowest BCUT2D eigenvalue weighted by molar-refractivity contribution is 0.249. The van der Waals surface area contributed by atoms with Gasteiger partial charge in [-0.2, -0.15) is 0 Å². The first-order chi connectivity index (χ1) is 5.92. The minimum absolute atomic E-state index is 0.832. The largest absolute Gasteiger partial charge is 0.310 e. The number of hydrogen-bond donors (Lipinski definition) is 1. The molecule has 2 atom stereocenters. The van der Waals surface area contributed by atoms with E-state index in [0.717, 1.165) is 18.1 Å². The summed E-state index contributed by atoms with van der Waals surface area (Å²) < 4.78 is 0. The van der Waals surface area contributed by atoms with Crippen LogP contribution in [0.25, 0.3) is 0 Å². The summed E-state index contributed by atoms with van der Waals surface area (Å²) in [6, 6.07) is 2.67. The van der Waals surface area contributed by atoms with Crippen molar-refractivity contribution < 1.29 is 0 Å². The smallest absolute Gasteiger partial charge is 0.0198 e. The van der Waals surface area contributed by atoms with Crippen molar-refractivity contribution in [2.45, 2.75) is 50.2 Å². The van der Waals surface area contributed by atoms with Crippen molar-refractivity contribution in [2.75, 3.05) is 13.1 Å². The van der Waals surface area contributed by atoms with Crippen LogP contribution in [0, 0.1) is 0 Å². The zero-order valence-electron chi connectivity index (χ0n) is 7.63. The lowest BCUT2D eigenvalue weighted by Crippen LogP contribution is -2.36. The zero-order chi connectivity index (χ0) is 7.97. The van der Waals surface area contributed by atoms with E-state index in [1.807, 2.05) is 0 Å². The molecule has 1 aliphatic carbocycles. The Morgan fingerprint density at radius 2 is 1.75 bits per heavy atom. The van der Waals surface area contributed by atoms with Gasteiger partial charge in [-0.3, -0.25) is 4.90 Å². The van der Waals surface area contributed by atoms with Crippen LogP contribution in [0.5, 0.6) is 0 Å². The van der Waals surface area contributed by atoms with Crippen molar-refractivity contribution in [3.63, 3.8) is 0 Å². The molecule has 2 aliphatic heterocycles. The summed E-state index contributed by atoms with van der Waals surface area (Å²) in [4.78, 5) is 2.72. The third-order valence-electron chi connectivity index (χ3n) is 3.62. The van der Waals surface area contributed by atoms with Crippen LogP contribution in [0.1, 0.15) is 32.1 Å². The first-order valence-corrected chi connectivity index (χ1v) is 5.42. The lowest BCUT2D eigenvalue weighted by Gasteiger charge is -2.23. The predicted octanol–water partition coefficient (Wildman–Crippen LogP) is 0.975. The molecule has 0 aromatic heterocycles. The molecule has 0 radical (unpaired) electrons. The zero-order valence-corrected chi connectivity index (χ0v) is 7.63. The number of nitrogens with one attached hydrogen (secondary N) is 1. The number of likely N-dealkylation sites (tertiary alicyclic amines) is 1. The highest BCUT2D eigenvalue weighted by atomic mass is 15.2. The summed E-state index contributed by atoms with van der Waals surface area (Å²) >= 11 is 0. The summed E-state index contributed by atoms with van der Waals surface area (Å²) in [7, 11) is 0. The maximum Gasteiger partial charge on any atom is 0.0198 e. The van der Waals surface area contributed by atoms with Gasteiger partial charge in [0.15, 0.2) is 0 Å². The van der Waals surface area contributed by atoms with Crippen LogP contribution in [-0.4, -0.2) is 36.1 Å². The molecule has 3 aliphatic rings. The number of rotatable bonds is 1. The molecule has 2 heteroatoms. The van der Waals surface area contributed by atoms with Gasteiger partial charge in [0.05, 0.1) is 0 Å². The number of fused-ring (bicyclic) bond motifs is 2. The molecule has 3 rings (SSSR count). The van der Waals surface area contributed by atoms with Gasteiger partial charge in [0.25, 0.3) is 0 Å². The molecule has 68 valence electrons. The molecule has 0 amide bonds. The molecular weight excluding hydrogens is 148 g/mol. The van der Waals surface area contributed by atoms with Crippen LogP contribution in [0.15, 0.2) is 0 Å². The van der Waals surface area contributed by atoms with E-state index in [-0.39, 0.29) is 0 Å². The Kier molecular flexibility index (Phi) is 1.66. The van der Waals surface area contributed by atoms with E-state index >= 15 is 0 Å². The van der Waals surface area contributed by atoms with E-state index in [1.54, 1.807) is 0 Å². The van der Waals surface area contributed by atoms with Crippen LogP contribution in [0.3, 0.4) is 0 Å². The molecular formula is C10H18N2. The van der Waals surface area contributed by atoms with E-state index in [1.165, 1.54) is 45.2 Å². The van der Waals surface area contributed by atoms with E-state index in [9.17, 15) is 0 Å². The minimum atomic E-state index is 0.832. The fraction of sp³-hybridized carbons (Fsp3) is 1.00. The van der Waals surface area contributed by atoms with Crippen LogP contribution in [0.2, 0.25) is 0 Å². The van der Waals surface area contributed by atoms with Crippen molar-refractivity contribution in [1.82, 2.24) is 10.2 Å². The van der Waals surface area contributed by atoms with Gasteiger partial charge in [-0.25, -0.2) is 0 Å². The van der Waals surface area contributed by atoms with E-state index in [4.69, 9.17) is 0 Å². The normalized spacial score (nSPS) is 43.0. The average molecular weight is 166 g/mol. The Morgan fingerprint density at radius 3 is 2.58 bits per heavy atom. The van der Waals surface area contributed by atoms with Crippen LogP contribution in [0.4, 0.5) is 0 Å². The van der Waals surface area contributed by atoms with E-state index < -0.39 is 0 Å². The van der Waals surface area contributed by atoms with Crippen molar-refractivity contribution in [3.05, 3.63) is 0 Å². The highest BCUT2D eigenvalue weighted by Crippen LogP contribution is 2.30. The highest BCUT2D eigenvalue weighted by Gasteiger charge is 2.35. The second kappa shape index (κ2) is 2.71. The van der Waals surface area contributed by atoms with Gasteiger partial charge in [0.1, 0.15) is 0 Å². The Bertz CT molecular complexity index is 177. The van der Waals surface area contributed by atoms with Gasteiger partial charge >= 0.3 is 0 Å². The topological polar surface area (TPSA) is 15.3 Å². The molecule has 2 nitrogen and oxygen atoms in total. The Hall–Kier alpha value is -0.0800. The van der Waals surface area contributed by atoms with Gasteiger partial charge < -0.3 is 5.32 Å². The second-order valence-electron chi connectivity index (χ2n) is 4.65. The molecule has 2 unspecified atom stereocenters. The summed E-state index contributed by atoms with van der Waals surface area (Å²) in [5.74, 6) is 0. The van der Waals surface area contributed by atoms with Gasteiger partial charge in [-0.05, 0) is 38.6 Å². The summed E-state index contributed by atoms with van der Waals surface area (Å²) in [5.41, 5.74) is 0.